The first-order valence-corrected chi connectivity index (χ1v) is 6.05. The van der Waals surface area contributed by atoms with E-state index in [0.717, 1.165) is 24.2 Å². The van der Waals surface area contributed by atoms with Gasteiger partial charge in [0.2, 0.25) is 0 Å². The molecule has 1 aliphatic heterocycles. The third-order valence-electron chi connectivity index (χ3n) is 3.15. The quantitative estimate of drug-likeness (QED) is 0.893. The minimum absolute atomic E-state index is 0.0349. The molecule has 2 rings (SSSR count). The Hall–Kier alpha value is -1.23. The van der Waals surface area contributed by atoms with Crippen molar-refractivity contribution in [3.8, 4) is 0 Å². The van der Waals surface area contributed by atoms with Crippen LogP contribution in [0.1, 0.15) is 17.5 Å². The molecule has 18 heavy (non-hydrogen) atoms. The Morgan fingerprint density at radius 2 is 2.11 bits per heavy atom. The van der Waals surface area contributed by atoms with Gasteiger partial charge < -0.3 is 10.2 Å². The summed E-state index contributed by atoms with van der Waals surface area (Å²) in [6, 6.07) is 6.01. The molecular formula is C13H17F3N2. The molecule has 5 heteroatoms. The van der Waals surface area contributed by atoms with Gasteiger partial charge in [-0.1, -0.05) is 18.2 Å². The van der Waals surface area contributed by atoms with Crippen LogP contribution in [-0.4, -0.2) is 31.2 Å². The molecule has 1 heterocycles. The highest BCUT2D eigenvalue weighted by Crippen LogP contribution is 2.27. The molecule has 0 atom stereocenters. The number of anilines is 1. The fraction of sp³-hybridized carbons (Fsp3) is 0.538. The van der Waals surface area contributed by atoms with Crippen molar-refractivity contribution < 1.29 is 13.2 Å². The second-order valence-electron chi connectivity index (χ2n) is 4.73. The normalized spacial score (nSPS) is 14.7. The van der Waals surface area contributed by atoms with E-state index >= 15 is 0 Å². The Bertz CT molecular complexity index is 415. The lowest BCUT2D eigenvalue weighted by atomic mass is 10.1. The van der Waals surface area contributed by atoms with Crippen molar-refractivity contribution in [3.63, 3.8) is 0 Å². The van der Waals surface area contributed by atoms with E-state index in [4.69, 9.17) is 0 Å². The van der Waals surface area contributed by atoms with Gasteiger partial charge in [0, 0.05) is 25.3 Å². The summed E-state index contributed by atoms with van der Waals surface area (Å²) in [5.41, 5.74) is 3.45. The van der Waals surface area contributed by atoms with E-state index in [0.29, 0.717) is 6.54 Å². The Morgan fingerprint density at radius 1 is 1.33 bits per heavy atom. The highest BCUT2D eigenvalue weighted by Gasteiger charge is 2.27. The monoisotopic (exact) mass is 258 g/mol. The summed E-state index contributed by atoms with van der Waals surface area (Å²) < 4.78 is 36.4. The fourth-order valence-electron chi connectivity index (χ4n) is 2.23. The minimum atomic E-state index is -4.08. The van der Waals surface area contributed by atoms with Gasteiger partial charge in [0.15, 0.2) is 0 Å². The zero-order chi connectivity index (χ0) is 13.2. The van der Waals surface area contributed by atoms with Gasteiger partial charge in [0.05, 0.1) is 6.42 Å². The maximum absolute atomic E-state index is 12.1. The van der Waals surface area contributed by atoms with Gasteiger partial charge in [-0.3, -0.25) is 0 Å². The van der Waals surface area contributed by atoms with Crippen LogP contribution in [0.2, 0.25) is 0 Å². The van der Waals surface area contributed by atoms with Gasteiger partial charge in [0.1, 0.15) is 0 Å². The van der Waals surface area contributed by atoms with Gasteiger partial charge in [-0.25, -0.2) is 0 Å². The average molecular weight is 258 g/mol. The molecule has 1 aromatic carbocycles. The molecule has 0 aliphatic carbocycles. The van der Waals surface area contributed by atoms with E-state index in [1.54, 1.807) is 11.9 Å². The molecule has 0 saturated heterocycles. The number of hydrogen-bond donors (Lipinski definition) is 1. The van der Waals surface area contributed by atoms with Gasteiger partial charge in [-0.05, 0) is 24.6 Å². The van der Waals surface area contributed by atoms with E-state index in [1.165, 1.54) is 5.56 Å². The number of para-hydroxylation sites is 1. The molecule has 1 aromatic rings. The van der Waals surface area contributed by atoms with Crippen LogP contribution >= 0.6 is 0 Å². The number of halogens is 3. The van der Waals surface area contributed by atoms with E-state index in [1.807, 2.05) is 12.1 Å². The molecule has 0 radical (unpaired) electrons. The Balaban J connectivity index is 1.95. The molecule has 0 amide bonds. The first-order valence-electron chi connectivity index (χ1n) is 6.05. The van der Waals surface area contributed by atoms with Crippen molar-refractivity contribution in [1.82, 2.24) is 4.90 Å². The largest absolute Gasteiger partial charge is 0.390 e. The maximum atomic E-state index is 12.1. The molecule has 1 aliphatic rings. The van der Waals surface area contributed by atoms with Crippen LogP contribution in [0.5, 0.6) is 0 Å². The third-order valence-corrected chi connectivity index (χ3v) is 3.15. The Labute approximate surface area is 105 Å². The van der Waals surface area contributed by atoms with Gasteiger partial charge in [0.25, 0.3) is 0 Å². The SMILES string of the molecule is CN(CCC(F)(F)F)Cc1cccc2c1NCC2. The highest BCUT2D eigenvalue weighted by atomic mass is 19.4. The number of nitrogens with zero attached hydrogens (tertiary/aromatic N) is 1. The fourth-order valence-corrected chi connectivity index (χ4v) is 2.23. The molecule has 2 nitrogen and oxygen atoms in total. The standard InChI is InChI=1S/C13H17F3N2/c1-18(8-6-13(14,15)16)9-11-4-2-3-10-5-7-17-12(10)11/h2-4,17H,5-9H2,1H3. The van der Waals surface area contributed by atoms with Crippen molar-refractivity contribution >= 4 is 5.69 Å². The predicted molar refractivity (Wildman–Crippen MR) is 65.6 cm³/mol. The second-order valence-corrected chi connectivity index (χ2v) is 4.73. The summed E-state index contributed by atoms with van der Waals surface area (Å²) in [5.74, 6) is 0. The predicted octanol–water partition coefficient (Wildman–Crippen LogP) is 3.04. The van der Waals surface area contributed by atoms with Crippen molar-refractivity contribution in [2.75, 3.05) is 25.5 Å². The van der Waals surface area contributed by atoms with E-state index in [-0.39, 0.29) is 6.54 Å². The van der Waals surface area contributed by atoms with Crippen molar-refractivity contribution in [3.05, 3.63) is 29.3 Å². The number of rotatable bonds is 4. The second kappa shape index (κ2) is 5.18. The van der Waals surface area contributed by atoms with Crippen molar-refractivity contribution in [2.24, 2.45) is 0 Å². The molecule has 1 N–H and O–H groups in total. The summed E-state index contributed by atoms with van der Waals surface area (Å²) in [4.78, 5) is 1.71. The smallest absolute Gasteiger partial charge is 0.384 e. The van der Waals surface area contributed by atoms with Crippen LogP contribution in [0.25, 0.3) is 0 Å². The van der Waals surface area contributed by atoms with Gasteiger partial charge >= 0.3 is 6.18 Å². The third kappa shape index (κ3) is 3.38. The molecule has 0 saturated carbocycles. The first kappa shape index (κ1) is 13.2. The summed E-state index contributed by atoms with van der Waals surface area (Å²) >= 11 is 0. The summed E-state index contributed by atoms with van der Waals surface area (Å²) in [6.07, 6.45) is -3.84. The van der Waals surface area contributed by atoms with Crippen LogP contribution in [0, 0.1) is 0 Å². The zero-order valence-corrected chi connectivity index (χ0v) is 10.3. The van der Waals surface area contributed by atoms with Crippen molar-refractivity contribution in [1.29, 1.82) is 0 Å². The first-order chi connectivity index (χ1) is 8.46. The van der Waals surface area contributed by atoms with Crippen LogP contribution in [-0.2, 0) is 13.0 Å². The molecule has 0 fully saturated rings. The van der Waals surface area contributed by atoms with Crippen molar-refractivity contribution in [2.45, 2.75) is 25.6 Å². The Morgan fingerprint density at radius 3 is 2.83 bits per heavy atom. The van der Waals surface area contributed by atoms with Crippen LogP contribution in [0.4, 0.5) is 18.9 Å². The van der Waals surface area contributed by atoms with Crippen LogP contribution in [0.3, 0.4) is 0 Å². The average Bonchev–Trinajstić information content (AvgIpc) is 2.74. The lowest BCUT2D eigenvalue weighted by molar-refractivity contribution is -0.137. The number of benzene rings is 1. The molecule has 0 aromatic heterocycles. The molecule has 100 valence electrons. The lowest BCUT2D eigenvalue weighted by Crippen LogP contribution is -2.24. The highest BCUT2D eigenvalue weighted by molar-refractivity contribution is 5.61. The number of alkyl halides is 3. The Kier molecular flexibility index (Phi) is 3.80. The lowest BCUT2D eigenvalue weighted by Gasteiger charge is -2.19. The molecule has 0 spiro atoms. The maximum Gasteiger partial charge on any atom is 0.390 e. The summed E-state index contributed by atoms with van der Waals surface area (Å²) in [5, 5.41) is 3.30. The number of fused-ring (bicyclic) bond motifs is 1. The van der Waals surface area contributed by atoms with Gasteiger partial charge in [-0.2, -0.15) is 13.2 Å². The van der Waals surface area contributed by atoms with Crippen LogP contribution < -0.4 is 5.32 Å². The minimum Gasteiger partial charge on any atom is -0.384 e. The molecule has 0 bridgehead atoms. The van der Waals surface area contributed by atoms with E-state index in [2.05, 4.69) is 11.4 Å². The summed E-state index contributed by atoms with van der Waals surface area (Å²) in [6.45, 7) is 1.50. The molecule has 0 unspecified atom stereocenters. The molecular weight excluding hydrogens is 241 g/mol. The van der Waals surface area contributed by atoms with Crippen LogP contribution in [0.15, 0.2) is 18.2 Å². The zero-order valence-electron chi connectivity index (χ0n) is 10.3. The van der Waals surface area contributed by atoms with Gasteiger partial charge in [-0.15, -0.1) is 0 Å². The van der Waals surface area contributed by atoms with E-state index < -0.39 is 12.6 Å². The number of hydrogen-bond acceptors (Lipinski definition) is 2. The summed E-state index contributed by atoms with van der Waals surface area (Å²) in [7, 11) is 1.72. The number of nitrogens with one attached hydrogen (secondary N) is 1. The van der Waals surface area contributed by atoms with E-state index in [9.17, 15) is 13.2 Å². The topological polar surface area (TPSA) is 15.3 Å².